The van der Waals surface area contributed by atoms with Gasteiger partial charge < -0.3 is 11.2 Å². The summed E-state index contributed by atoms with van der Waals surface area (Å²) in [5.74, 6) is 3.19. The van der Waals surface area contributed by atoms with E-state index in [2.05, 4.69) is 15.5 Å². The van der Waals surface area contributed by atoms with Gasteiger partial charge in [-0.05, 0) is 18.2 Å². The number of hydrogen-bond donors (Lipinski definition) is 2. The number of aromatic nitrogens is 3. The number of thioether (sulfide) groups is 1. The molecule has 0 saturated carbocycles. The van der Waals surface area contributed by atoms with Crippen molar-refractivity contribution in [3.05, 3.63) is 34.1 Å². The SMILES string of the molecule is Nn1c(SCC(=O)Nc2cc(Cl)cc(Cl)c2)nnc1C(F)(F)F. The normalized spacial score (nSPS) is 11.5. The van der Waals surface area contributed by atoms with Crippen molar-refractivity contribution in [1.29, 1.82) is 0 Å². The Labute approximate surface area is 142 Å². The number of carbonyl (C=O) groups is 1. The molecule has 124 valence electrons. The largest absolute Gasteiger partial charge is 0.453 e. The lowest BCUT2D eigenvalue weighted by Gasteiger charge is -2.07. The molecule has 0 aliphatic heterocycles. The maximum Gasteiger partial charge on any atom is 0.453 e. The molecule has 1 heterocycles. The van der Waals surface area contributed by atoms with E-state index in [1.54, 1.807) is 0 Å². The second kappa shape index (κ2) is 6.85. The first-order valence-electron chi connectivity index (χ1n) is 5.83. The number of carbonyl (C=O) groups excluding carboxylic acids is 1. The number of hydrogen-bond acceptors (Lipinski definition) is 5. The number of benzene rings is 1. The van der Waals surface area contributed by atoms with Crippen molar-refractivity contribution in [2.45, 2.75) is 11.3 Å². The van der Waals surface area contributed by atoms with Crippen LogP contribution in [0.15, 0.2) is 23.4 Å². The minimum Gasteiger partial charge on any atom is -0.335 e. The Morgan fingerprint density at radius 3 is 2.39 bits per heavy atom. The summed E-state index contributed by atoms with van der Waals surface area (Å²) in [5, 5.41) is 9.17. The molecule has 0 unspecified atom stereocenters. The first kappa shape index (κ1) is 17.7. The highest BCUT2D eigenvalue weighted by Gasteiger charge is 2.38. The van der Waals surface area contributed by atoms with E-state index < -0.39 is 17.9 Å². The summed E-state index contributed by atoms with van der Waals surface area (Å²) in [6, 6.07) is 4.44. The van der Waals surface area contributed by atoms with Gasteiger partial charge in [-0.3, -0.25) is 4.79 Å². The third-order valence-electron chi connectivity index (χ3n) is 2.40. The highest BCUT2D eigenvalue weighted by molar-refractivity contribution is 7.99. The van der Waals surface area contributed by atoms with E-state index in [0.29, 0.717) is 27.5 Å². The van der Waals surface area contributed by atoms with Gasteiger partial charge in [0.2, 0.25) is 11.1 Å². The summed E-state index contributed by atoms with van der Waals surface area (Å²) in [6.45, 7) is 0. The summed E-state index contributed by atoms with van der Waals surface area (Å²) in [5.41, 5.74) is 0.360. The Hall–Kier alpha value is -1.65. The maximum absolute atomic E-state index is 12.5. The van der Waals surface area contributed by atoms with Crippen LogP contribution in [0.3, 0.4) is 0 Å². The van der Waals surface area contributed by atoms with Gasteiger partial charge in [0.15, 0.2) is 0 Å². The number of alkyl halides is 3. The van der Waals surface area contributed by atoms with Crippen molar-refractivity contribution in [2.24, 2.45) is 0 Å². The monoisotopic (exact) mass is 385 g/mol. The van der Waals surface area contributed by atoms with Gasteiger partial charge in [-0.25, -0.2) is 4.68 Å². The molecule has 23 heavy (non-hydrogen) atoms. The zero-order valence-electron chi connectivity index (χ0n) is 11.1. The Balaban J connectivity index is 1.98. The highest BCUT2D eigenvalue weighted by Crippen LogP contribution is 2.29. The van der Waals surface area contributed by atoms with Crippen LogP contribution in [0.25, 0.3) is 0 Å². The molecule has 6 nitrogen and oxygen atoms in total. The predicted molar refractivity (Wildman–Crippen MR) is 81.0 cm³/mol. The lowest BCUT2D eigenvalue weighted by atomic mass is 10.3. The smallest absolute Gasteiger partial charge is 0.335 e. The number of nitrogens with zero attached hydrogens (tertiary/aromatic N) is 3. The van der Waals surface area contributed by atoms with Crippen LogP contribution in [-0.2, 0) is 11.0 Å². The Bertz CT molecular complexity index is 717. The van der Waals surface area contributed by atoms with E-state index >= 15 is 0 Å². The fraction of sp³-hybridized carbons (Fsp3) is 0.182. The number of halogens is 5. The molecule has 3 N–H and O–H groups in total. The highest BCUT2D eigenvalue weighted by atomic mass is 35.5. The summed E-state index contributed by atoms with van der Waals surface area (Å²) < 4.78 is 37.8. The van der Waals surface area contributed by atoms with Crippen LogP contribution >= 0.6 is 35.0 Å². The Morgan fingerprint density at radius 1 is 1.26 bits per heavy atom. The minimum absolute atomic E-state index is 0.225. The topological polar surface area (TPSA) is 85.8 Å². The van der Waals surface area contributed by atoms with Gasteiger partial charge in [-0.2, -0.15) is 13.2 Å². The molecule has 1 aromatic carbocycles. The molecule has 0 spiro atoms. The second-order valence-corrected chi connectivity index (χ2v) is 5.98. The van der Waals surface area contributed by atoms with Crippen LogP contribution in [0, 0.1) is 0 Å². The van der Waals surface area contributed by atoms with Gasteiger partial charge >= 0.3 is 6.18 Å². The van der Waals surface area contributed by atoms with Crippen LogP contribution in [-0.4, -0.2) is 26.5 Å². The molecule has 0 atom stereocenters. The van der Waals surface area contributed by atoms with Gasteiger partial charge in [0.25, 0.3) is 5.82 Å². The van der Waals surface area contributed by atoms with E-state index in [4.69, 9.17) is 29.0 Å². The van der Waals surface area contributed by atoms with Gasteiger partial charge in [0.1, 0.15) is 0 Å². The molecule has 0 aliphatic rings. The molecular formula is C11H8Cl2F3N5OS. The molecule has 12 heteroatoms. The van der Waals surface area contributed by atoms with Gasteiger partial charge in [0, 0.05) is 15.7 Å². The minimum atomic E-state index is -4.72. The molecule has 0 radical (unpaired) electrons. The molecule has 1 aromatic heterocycles. The number of nitrogens with two attached hydrogens (primary N) is 1. The standard InChI is InChI=1S/C11H8Cl2F3N5OS/c12-5-1-6(13)3-7(2-5)18-8(22)4-23-10-20-19-9(21(10)17)11(14,15)16/h1-3H,4,17H2,(H,18,22). The first-order valence-corrected chi connectivity index (χ1v) is 7.57. The van der Waals surface area contributed by atoms with Crippen molar-refractivity contribution in [3.63, 3.8) is 0 Å². The van der Waals surface area contributed by atoms with E-state index in [-0.39, 0.29) is 15.6 Å². The van der Waals surface area contributed by atoms with Crippen LogP contribution < -0.4 is 11.2 Å². The molecule has 0 aliphatic carbocycles. The molecule has 0 saturated heterocycles. The predicted octanol–water partition coefficient (Wildman–Crippen LogP) is 3.05. The summed E-state index contributed by atoms with van der Waals surface area (Å²) in [4.78, 5) is 11.8. The number of nitrogen functional groups attached to an aromatic ring is 1. The lowest BCUT2D eigenvalue weighted by Crippen LogP contribution is -2.22. The van der Waals surface area contributed by atoms with Crippen LogP contribution in [0.2, 0.25) is 10.0 Å². The zero-order chi connectivity index (χ0) is 17.2. The van der Waals surface area contributed by atoms with Crippen molar-refractivity contribution in [1.82, 2.24) is 14.9 Å². The van der Waals surface area contributed by atoms with Crippen molar-refractivity contribution >= 4 is 46.6 Å². The van der Waals surface area contributed by atoms with E-state index in [0.717, 1.165) is 0 Å². The van der Waals surface area contributed by atoms with E-state index in [9.17, 15) is 18.0 Å². The van der Waals surface area contributed by atoms with Crippen molar-refractivity contribution in [2.75, 3.05) is 16.9 Å². The number of amides is 1. The summed E-state index contributed by atoms with van der Waals surface area (Å²) >= 11 is 12.3. The van der Waals surface area contributed by atoms with Crippen LogP contribution in [0.4, 0.5) is 18.9 Å². The van der Waals surface area contributed by atoms with Crippen LogP contribution in [0.1, 0.15) is 5.82 Å². The summed E-state index contributed by atoms with van der Waals surface area (Å²) in [6.07, 6.45) is -4.72. The molecular weight excluding hydrogens is 378 g/mol. The maximum atomic E-state index is 12.5. The molecule has 0 bridgehead atoms. The first-order chi connectivity index (χ1) is 10.7. The Morgan fingerprint density at radius 2 is 1.87 bits per heavy atom. The van der Waals surface area contributed by atoms with Gasteiger partial charge in [0.05, 0.1) is 5.75 Å². The number of anilines is 1. The Kier molecular flexibility index (Phi) is 5.27. The fourth-order valence-electron chi connectivity index (χ4n) is 1.52. The molecule has 1 amide bonds. The second-order valence-electron chi connectivity index (χ2n) is 4.17. The molecule has 2 aromatic rings. The quantitative estimate of drug-likeness (QED) is 0.623. The lowest BCUT2D eigenvalue weighted by molar-refractivity contribution is -0.146. The van der Waals surface area contributed by atoms with Crippen molar-refractivity contribution < 1.29 is 18.0 Å². The van der Waals surface area contributed by atoms with E-state index in [1.807, 2.05) is 0 Å². The summed E-state index contributed by atoms with van der Waals surface area (Å²) in [7, 11) is 0. The third kappa shape index (κ3) is 4.66. The third-order valence-corrected chi connectivity index (χ3v) is 3.78. The van der Waals surface area contributed by atoms with Crippen LogP contribution in [0.5, 0.6) is 0 Å². The molecule has 2 rings (SSSR count). The fourth-order valence-corrected chi connectivity index (χ4v) is 2.70. The van der Waals surface area contributed by atoms with Gasteiger partial charge in [-0.1, -0.05) is 35.0 Å². The van der Waals surface area contributed by atoms with Gasteiger partial charge in [-0.15, -0.1) is 10.2 Å². The van der Waals surface area contributed by atoms with Crippen molar-refractivity contribution in [3.8, 4) is 0 Å². The zero-order valence-corrected chi connectivity index (χ0v) is 13.4. The average Bonchev–Trinajstić information content (AvgIpc) is 2.76. The number of nitrogens with one attached hydrogen (secondary N) is 1. The average molecular weight is 386 g/mol. The van der Waals surface area contributed by atoms with E-state index in [1.165, 1.54) is 18.2 Å². The number of rotatable bonds is 4. The molecule has 0 fully saturated rings.